The van der Waals surface area contributed by atoms with Crippen molar-refractivity contribution in [3.63, 3.8) is 0 Å². The van der Waals surface area contributed by atoms with E-state index in [1.54, 1.807) is 11.3 Å². The number of phenols is 1. The van der Waals surface area contributed by atoms with Crippen molar-refractivity contribution in [2.75, 3.05) is 26.2 Å². The standard InChI is InChI=1S/C17H21BrN2OS/c1-11-10-13(21)15(12(2)16(11)18)17(14-4-3-9-22-14)20-7-5-19-6-8-20/h3-4,9-10,17,19,21H,5-8H2,1-2H3/t17-/m0/s1. The van der Waals surface area contributed by atoms with Gasteiger partial charge in [0.25, 0.3) is 0 Å². The molecule has 2 N–H and O–H groups in total. The molecule has 1 aromatic heterocycles. The summed E-state index contributed by atoms with van der Waals surface area (Å²) in [4.78, 5) is 3.75. The summed E-state index contributed by atoms with van der Waals surface area (Å²) >= 11 is 5.44. The number of phenolic OH excluding ortho intramolecular Hbond substituents is 1. The fourth-order valence-corrected chi connectivity index (χ4v) is 4.38. The second-order valence-electron chi connectivity index (χ2n) is 5.77. The molecule has 0 bridgehead atoms. The van der Waals surface area contributed by atoms with Crippen molar-refractivity contribution in [3.05, 3.63) is 49.6 Å². The number of piperazine rings is 1. The van der Waals surface area contributed by atoms with Gasteiger partial charge in [0.05, 0.1) is 6.04 Å². The molecule has 1 saturated heterocycles. The topological polar surface area (TPSA) is 35.5 Å². The third-order valence-corrected chi connectivity index (χ3v) is 6.46. The van der Waals surface area contributed by atoms with Crippen LogP contribution in [0.15, 0.2) is 28.1 Å². The largest absolute Gasteiger partial charge is 0.508 e. The molecule has 2 aromatic rings. The third-order valence-electron chi connectivity index (χ3n) is 4.31. The van der Waals surface area contributed by atoms with Crippen molar-refractivity contribution in [3.8, 4) is 5.75 Å². The van der Waals surface area contributed by atoms with Crippen molar-refractivity contribution in [2.45, 2.75) is 19.9 Å². The average Bonchev–Trinajstić information content (AvgIpc) is 3.04. The van der Waals surface area contributed by atoms with E-state index in [0.717, 1.165) is 47.3 Å². The molecule has 1 aliphatic rings. The summed E-state index contributed by atoms with van der Waals surface area (Å²) in [5.41, 5.74) is 3.24. The van der Waals surface area contributed by atoms with E-state index < -0.39 is 0 Å². The van der Waals surface area contributed by atoms with Crippen LogP contribution in [-0.4, -0.2) is 36.2 Å². The van der Waals surface area contributed by atoms with Gasteiger partial charge in [-0.3, -0.25) is 4.90 Å². The normalized spacial score (nSPS) is 17.6. The first-order chi connectivity index (χ1) is 10.6. The lowest BCUT2D eigenvalue weighted by Crippen LogP contribution is -2.45. The van der Waals surface area contributed by atoms with Crippen LogP contribution in [0.4, 0.5) is 0 Å². The predicted octanol–water partition coefficient (Wildman–Crippen LogP) is 3.83. The van der Waals surface area contributed by atoms with Gasteiger partial charge in [-0.15, -0.1) is 11.3 Å². The van der Waals surface area contributed by atoms with Crippen molar-refractivity contribution in [1.82, 2.24) is 10.2 Å². The van der Waals surface area contributed by atoms with Gasteiger partial charge in [0, 0.05) is 41.1 Å². The minimum atomic E-state index is 0.124. The molecule has 0 radical (unpaired) electrons. The second kappa shape index (κ2) is 6.71. The average molecular weight is 381 g/mol. The van der Waals surface area contributed by atoms with Crippen LogP contribution in [0.1, 0.15) is 27.6 Å². The van der Waals surface area contributed by atoms with E-state index in [1.165, 1.54) is 4.88 Å². The fraction of sp³-hybridized carbons (Fsp3) is 0.412. The summed E-state index contributed by atoms with van der Waals surface area (Å²) in [6.45, 7) is 8.09. The molecular formula is C17H21BrN2OS. The maximum atomic E-state index is 10.6. The molecule has 2 heterocycles. The number of aryl methyl sites for hydroxylation is 1. The summed E-state index contributed by atoms with van der Waals surface area (Å²) in [6, 6.07) is 6.25. The van der Waals surface area contributed by atoms with Crippen LogP contribution in [-0.2, 0) is 0 Å². The van der Waals surface area contributed by atoms with Crippen LogP contribution in [0.2, 0.25) is 0 Å². The molecule has 0 saturated carbocycles. The maximum absolute atomic E-state index is 10.6. The van der Waals surface area contributed by atoms with Crippen LogP contribution in [0, 0.1) is 13.8 Å². The van der Waals surface area contributed by atoms with Crippen molar-refractivity contribution in [2.24, 2.45) is 0 Å². The van der Waals surface area contributed by atoms with Gasteiger partial charge in [0.15, 0.2) is 0 Å². The molecule has 1 fully saturated rings. The van der Waals surface area contributed by atoms with Gasteiger partial charge in [-0.2, -0.15) is 0 Å². The Balaban J connectivity index is 2.12. The highest BCUT2D eigenvalue weighted by molar-refractivity contribution is 9.10. The maximum Gasteiger partial charge on any atom is 0.121 e. The number of nitrogens with one attached hydrogen (secondary N) is 1. The van der Waals surface area contributed by atoms with E-state index >= 15 is 0 Å². The molecule has 0 amide bonds. The first-order valence-electron chi connectivity index (χ1n) is 7.56. The summed E-state index contributed by atoms with van der Waals surface area (Å²) in [6.07, 6.45) is 0. The number of aromatic hydroxyl groups is 1. The van der Waals surface area contributed by atoms with Gasteiger partial charge in [-0.1, -0.05) is 22.0 Å². The molecule has 1 atom stereocenters. The Kier molecular flexibility index (Phi) is 4.88. The first kappa shape index (κ1) is 16.0. The minimum absolute atomic E-state index is 0.124. The molecule has 1 aliphatic heterocycles. The Hall–Kier alpha value is -0.880. The summed E-state index contributed by atoms with van der Waals surface area (Å²) < 4.78 is 1.09. The Labute approximate surface area is 144 Å². The summed E-state index contributed by atoms with van der Waals surface area (Å²) in [5.74, 6) is 0.398. The van der Waals surface area contributed by atoms with E-state index in [2.05, 4.69) is 50.6 Å². The van der Waals surface area contributed by atoms with Crippen LogP contribution in [0.3, 0.4) is 0 Å². The molecular weight excluding hydrogens is 360 g/mol. The lowest BCUT2D eigenvalue weighted by atomic mass is 9.95. The van der Waals surface area contributed by atoms with E-state index in [4.69, 9.17) is 0 Å². The van der Waals surface area contributed by atoms with Crippen LogP contribution in [0.5, 0.6) is 5.75 Å². The predicted molar refractivity (Wildman–Crippen MR) is 95.9 cm³/mol. The van der Waals surface area contributed by atoms with Gasteiger partial charge >= 0.3 is 0 Å². The molecule has 0 spiro atoms. The van der Waals surface area contributed by atoms with Crippen molar-refractivity contribution >= 4 is 27.3 Å². The highest BCUT2D eigenvalue weighted by Gasteiger charge is 2.29. The number of thiophene rings is 1. The van der Waals surface area contributed by atoms with E-state index in [1.807, 2.05) is 13.0 Å². The first-order valence-corrected chi connectivity index (χ1v) is 9.23. The minimum Gasteiger partial charge on any atom is -0.508 e. The summed E-state index contributed by atoms with van der Waals surface area (Å²) in [7, 11) is 0. The molecule has 0 aliphatic carbocycles. The third kappa shape index (κ3) is 2.95. The van der Waals surface area contributed by atoms with Gasteiger partial charge in [-0.25, -0.2) is 0 Å². The zero-order valence-electron chi connectivity index (χ0n) is 12.9. The van der Waals surface area contributed by atoms with E-state index in [9.17, 15) is 5.11 Å². The zero-order valence-corrected chi connectivity index (χ0v) is 15.3. The number of rotatable bonds is 3. The van der Waals surface area contributed by atoms with Gasteiger partial charge in [-0.05, 0) is 42.5 Å². The van der Waals surface area contributed by atoms with Crippen LogP contribution < -0.4 is 5.32 Å². The molecule has 1 aromatic carbocycles. The Morgan fingerprint density at radius 1 is 1.32 bits per heavy atom. The number of hydrogen-bond acceptors (Lipinski definition) is 4. The lowest BCUT2D eigenvalue weighted by Gasteiger charge is -2.36. The molecule has 118 valence electrons. The van der Waals surface area contributed by atoms with Gasteiger partial charge < -0.3 is 10.4 Å². The smallest absolute Gasteiger partial charge is 0.121 e. The zero-order chi connectivity index (χ0) is 15.7. The molecule has 0 unspecified atom stereocenters. The Morgan fingerprint density at radius 3 is 2.68 bits per heavy atom. The second-order valence-corrected chi connectivity index (χ2v) is 7.54. The fourth-order valence-electron chi connectivity index (χ4n) is 3.19. The van der Waals surface area contributed by atoms with Crippen molar-refractivity contribution < 1.29 is 5.11 Å². The van der Waals surface area contributed by atoms with Crippen molar-refractivity contribution in [1.29, 1.82) is 0 Å². The highest BCUT2D eigenvalue weighted by Crippen LogP contribution is 2.41. The van der Waals surface area contributed by atoms with E-state index in [0.29, 0.717) is 5.75 Å². The quantitative estimate of drug-likeness (QED) is 0.849. The lowest BCUT2D eigenvalue weighted by molar-refractivity contribution is 0.197. The molecule has 3 rings (SSSR count). The van der Waals surface area contributed by atoms with Gasteiger partial charge in [0.1, 0.15) is 5.75 Å². The van der Waals surface area contributed by atoms with Crippen LogP contribution in [0.25, 0.3) is 0 Å². The SMILES string of the molecule is Cc1cc(O)c([C@H](c2cccs2)N2CCNCC2)c(C)c1Br. The molecule has 3 nitrogen and oxygen atoms in total. The number of nitrogens with zero attached hydrogens (tertiary/aromatic N) is 1. The number of hydrogen-bond donors (Lipinski definition) is 2. The Bertz CT molecular complexity index is 651. The number of halogens is 1. The van der Waals surface area contributed by atoms with Crippen LogP contribution >= 0.6 is 27.3 Å². The summed E-state index contributed by atoms with van der Waals surface area (Å²) in [5, 5.41) is 16.2. The molecule has 5 heteroatoms. The monoisotopic (exact) mass is 380 g/mol. The van der Waals surface area contributed by atoms with E-state index in [-0.39, 0.29) is 6.04 Å². The van der Waals surface area contributed by atoms with Gasteiger partial charge in [0.2, 0.25) is 0 Å². The Morgan fingerprint density at radius 2 is 2.05 bits per heavy atom. The molecule has 22 heavy (non-hydrogen) atoms. The number of benzene rings is 1. The highest BCUT2D eigenvalue weighted by atomic mass is 79.9.